The van der Waals surface area contributed by atoms with Gasteiger partial charge in [0.1, 0.15) is 5.82 Å². The lowest BCUT2D eigenvalue weighted by atomic mass is 10.1. The standard InChI is InChI=1S/C12H11F4N3O/c1-7-4-8(13)2-3-9(7)11-18-10(20-19-11)5-17-6-12(14,15)16/h2-4,17H,5-6H2,1H3. The fourth-order valence-electron chi connectivity index (χ4n) is 1.63. The van der Waals surface area contributed by atoms with Gasteiger partial charge in [0.15, 0.2) is 0 Å². The van der Waals surface area contributed by atoms with Gasteiger partial charge in [0.25, 0.3) is 0 Å². The molecule has 0 atom stereocenters. The third-order valence-corrected chi connectivity index (χ3v) is 2.50. The van der Waals surface area contributed by atoms with Crippen LogP contribution in [0, 0.1) is 12.7 Å². The summed E-state index contributed by atoms with van der Waals surface area (Å²) in [6, 6.07) is 4.05. The van der Waals surface area contributed by atoms with Crippen LogP contribution in [0.5, 0.6) is 0 Å². The summed E-state index contributed by atoms with van der Waals surface area (Å²) in [4.78, 5) is 3.96. The second-order valence-electron chi connectivity index (χ2n) is 4.19. The van der Waals surface area contributed by atoms with E-state index in [1.54, 1.807) is 6.92 Å². The zero-order chi connectivity index (χ0) is 14.8. The van der Waals surface area contributed by atoms with Crippen LogP contribution < -0.4 is 5.32 Å². The third kappa shape index (κ3) is 3.77. The molecule has 4 nitrogen and oxygen atoms in total. The Kier molecular flexibility index (Phi) is 4.03. The maximum absolute atomic E-state index is 13.0. The number of rotatable bonds is 4. The number of aromatic nitrogens is 2. The highest BCUT2D eigenvalue weighted by molar-refractivity contribution is 5.59. The summed E-state index contributed by atoms with van der Waals surface area (Å²) in [5.74, 6) is -0.138. The van der Waals surface area contributed by atoms with Crippen molar-refractivity contribution in [3.8, 4) is 11.4 Å². The van der Waals surface area contributed by atoms with E-state index in [-0.39, 0.29) is 24.1 Å². The van der Waals surface area contributed by atoms with Gasteiger partial charge in [0, 0.05) is 5.56 Å². The lowest BCUT2D eigenvalue weighted by Gasteiger charge is -2.05. The highest BCUT2D eigenvalue weighted by Gasteiger charge is 2.26. The monoisotopic (exact) mass is 289 g/mol. The molecule has 0 amide bonds. The fourth-order valence-corrected chi connectivity index (χ4v) is 1.63. The Morgan fingerprint density at radius 2 is 2.05 bits per heavy atom. The topological polar surface area (TPSA) is 51.0 Å². The fraction of sp³-hybridized carbons (Fsp3) is 0.333. The molecule has 0 radical (unpaired) electrons. The summed E-state index contributed by atoms with van der Waals surface area (Å²) in [6.45, 7) is 0.351. The van der Waals surface area contributed by atoms with E-state index in [1.807, 2.05) is 0 Å². The van der Waals surface area contributed by atoms with Crippen molar-refractivity contribution in [2.75, 3.05) is 6.54 Å². The Morgan fingerprint density at radius 1 is 1.30 bits per heavy atom. The molecule has 1 aromatic carbocycles. The van der Waals surface area contributed by atoms with Gasteiger partial charge in [-0.2, -0.15) is 18.2 Å². The molecule has 0 spiro atoms. The molecule has 2 aromatic rings. The van der Waals surface area contributed by atoms with Crippen LogP contribution in [-0.4, -0.2) is 22.9 Å². The zero-order valence-electron chi connectivity index (χ0n) is 10.5. The Bertz CT molecular complexity index is 595. The van der Waals surface area contributed by atoms with Gasteiger partial charge >= 0.3 is 6.18 Å². The first kappa shape index (κ1) is 14.4. The summed E-state index contributed by atoms with van der Waals surface area (Å²) in [5, 5.41) is 5.81. The minimum Gasteiger partial charge on any atom is -0.338 e. The summed E-state index contributed by atoms with van der Waals surface area (Å²) < 4.78 is 53.7. The molecule has 0 saturated carbocycles. The van der Waals surface area contributed by atoms with E-state index in [1.165, 1.54) is 18.2 Å². The van der Waals surface area contributed by atoms with Crippen LogP contribution in [0.15, 0.2) is 22.7 Å². The number of benzene rings is 1. The van der Waals surface area contributed by atoms with Crippen molar-refractivity contribution in [1.82, 2.24) is 15.5 Å². The second kappa shape index (κ2) is 5.58. The van der Waals surface area contributed by atoms with E-state index in [2.05, 4.69) is 15.5 Å². The highest BCUT2D eigenvalue weighted by Crippen LogP contribution is 2.21. The number of nitrogens with one attached hydrogen (secondary N) is 1. The van der Waals surface area contributed by atoms with E-state index in [0.717, 1.165) is 0 Å². The van der Waals surface area contributed by atoms with Gasteiger partial charge in [-0.05, 0) is 30.7 Å². The summed E-state index contributed by atoms with van der Waals surface area (Å²) in [7, 11) is 0. The van der Waals surface area contributed by atoms with E-state index in [4.69, 9.17) is 4.52 Å². The van der Waals surface area contributed by atoms with Crippen molar-refractivity contribution in [2.24, 2.45) is 0 Å². The second-order valence-corrected chi connectivity index (χ2v) is 4.19. The van der Waals surface area contributed by atoms with Crippen molar-refractivity contribution in [1.29, 1.82) is 0 Å². The Balaban J connectivity index is 2.05. The molecule has 0 aliphatic heterocycles. The van der Waals surface area contributed by atoms with Crippen LogP contribution >= 0.6 is 0 Å². The molecular formula is C12H11F4N3O. The Labute approximate surface area is 111 Å². The van der Waals surface area contributed by atoms with Crippen LogP contribution in [-0.2, 0) is 6.54 Å². The first-order valence-electron chi connectivity index (χ1n) is 5.72. The van der Waals surface area contributed by atoms with E-state index >= 15 is 0 Å². The van der Waals surface area contributed by atoms with Crippen molar-refractivity contribution in [3.63, 3.8) is 0 Å². The smallest absolute Gasteiger partial charge is 0.338 e. The molecule has 0 aliphatic carbocycles. The third-order valence-electron chi connectivity index (χ3n) is 2.50. The first-order chi connectivity index (χ1) is 9.35. The maximum atomic E-state index is 13.0. The largest absolute Gasteiger partial charge is 0.401 e. The van der Waals surface area contributed by atoms with E-state index in [9.17, 15) is 17.6 Å². The van der Waals surface area contributed by atoms with Gasteiger partial charge < -0.3 is 9.84 Å². The Hall–Kier alpha value is -1.96. The average Bonchev–Trinajstić information content (AvgIpc) is 2.75. The van der Waals surface area contributed by atoms with Crippen molar-refractivity contribution in [3.05, 3.63) is 35.5 Å². The molecule has 0 fully saturated rings. The average molecular weight is 289 g/mol. The highest BCUT2D eigenvalue weighted by atomic mass is 19.4. The SMILES string of the molecule is Cc1cc(F)ccc1-c1noc(CNCC(F)(F)F)n1. The molecule has 0 aliphatic rings. The van der Waals surface area contributed by atoms with Gasteiger partial charge in [-0.1, -0.05) is 5.16 Å². The van der Waals surface area contributed by atoms with E-state index < -0.39 is 12.7 Å². The number of alkyl halides is 3. The minimum atomic E-state index is -4.30. The summed E-state index contributed by atoms with van der Waals surface area (Å²) in [6.07, 6.45) is -4.30. The maximum Gasteiger partial charge on any atom is 0.401 e. The normalized spacial score (nSPS) is 11.8. The first-order valence-corrected chi connectivity index (χ1v) is 5.72. The van der Waals surface area contributed by atoms with Crippen molar-refractivity contribution >= 4 is 0 Å². The number of hydrogen-bond donors (Lipinski definition) is 1. The molecule has 1 N–H and O–H groups in total. The molecule has 0 saturated heterocycles. The molecule has 20 heavy (non-hydrogen) atoms. The predicted octanol–water partition coefficient (Wildman–Crippen LogP) is 2.84. The molecule has 0 bridgehead atoms. The molecule has 0 unspecified atom stereocenters. The quantitative estimate of drug-likeness (QED) is 0.879. The molecule has 1 heterocycles. The van der Waals surface area contributed by atoms with Gasteiger partial charge in [0.05, 0.1) is 13.1 Å². The van der Waals surface area contributed by atoms with E-state index in [0.29, 0.717) is 11.1 Å². The molecule has 1 aromatic heterocycles. The van der Waals surface area contributed by atoms with Crippen LogP contribution in [0.25, 0.3) is 11.4 Å². The minimum absolute atomic E-state index is 0.0352. The van der Waals surface area contributed by atoms with Crippen molar-refractivity contribution in [2.45, 2.75) is 19.6 Å². The molecule has 8 heteroatoms. The molecule has 2 rings (SSSR count). The predicted molar refractivity (Wildman–Crippen MR) is 62.2 cm³/mol. The zero-order valence-corrected chi connectivity index (χ0v) is 10.5. The Morgan fingerprint density at radius 3 is 2.70 bits per heavy atom. The van der Waals surface area contributed by atoms with Gasteiger partial charge in [-0.3, -0.25) is 0 Å². The lowest BCUT2D eigenvalue weighted by Crippen LogP contribution is -2.28. The van der Waals surface area contributed by atoms with Crippen molar-refractivity contribution < 1.29 is 22.1 Å². The van der Waals surface area contributed by atoms with Gasteiger partial charge in [-0.25, -0.2) is 4.39 Å². The van der Waals surface area contributed by atoms with Crippen LogP contribution in [0.2, 0.25) is 0 Å². The van der Waals surface area contributed by atoms with Crippen LogP contribution in [0.1, 0.15) is 11.5 Å². The number of halogens is 4. The summed E-state index contributed by atoms with van der Waals surface area (Å²) >= 11 is 0. The van der Waals surface area contributed by atoms with Gasteiger partial charge in [0.2, 0.25) is 11.7 Å². The molecular weight excluding hydrogens is 278 g/mol. The number of aryl methyl sites for hydroxylation is 1. The number of nitrogens with zero attached hydrogens (tertiary/aromatic N) is 2. The van der Waals surface area contributed by atoms with Gasteiger partial charge in [-0.15, -0.1) is 0 Å². The molecule has 108 valence electrons. The summed E-state index contributed by atoms with van der Waals surface area (Å²) in [5.41, 5.74) is 1.18. The van der Waals surface area contributed by atoms with Crippen LogP contribution in [0.3, 0.4) is 0 Å². The lowest BCUT2D eigenvalue weighted by molar-refractivity contribution is -0.125. The number of hydrogen-bond acceptors (Lipinski definition) is 4. The van der Waals surface area contributed by atoms with Crippen LogP contribution in [0.4, 0.5) is 17.6 Å².